The Kier molecular flexibility index (Phi) is 5.44. The lowest BCUT2D eigenvalue weighted by Crippen LogP contribution is -2.45. The molecule has 1 saturated carbocycles. The Morgan fingerprint density at radius 3 is 2.33 bits per heavy atom. The number of fused-ring (bicyclic) bond motifs is 1. The summed E-state index contributed by atoms with van der Waals surface area (Å²) < 4.78 is 1.99. The second kappa shape index (κ2) is 8.22. The third-order valence-corrected chi connectivity index (χ3v) is 7.72. The van der Waals surface area contributed by atoms with Crippen molar-refractivity contribution in [2.45, 2.75) is 70.4 Å². The Labute approximate surface area is 178 Å². The lowest BCUT2D eigenvalue weighted by molar-refractivity contribution is -0.135. The number of aromatic amines is 1. The minimum atomic E-state index is 0.0231. The molecular formula is C24H34N4O2. The zero-order chi connectivity index (χ0) is 20.7. The molecule has 1 aliphatic carbocycles. The molecular weight excluding hydrogens is 376 g/mol. The van der Waals surface area contributed by atoms with Gasteiger partial charge in [-0.25, -0.2) is 4.79 Å². The van der Waals surface area contributed by atoms with Gasteiger partial charge in [0.05, 0.1) is 11.0 Å². The van der Waals surface area contributed by atoms with Crippen LogP contribution in [0.4, 0.5) is 0 Å². The highest BCUT2D eigenvalue weighted by molar-refractivity contribution is 5.79. The van der Waals surface area contributed by atoms with Crippen molar-refractivity contribution >= 4 is 16.9 Å². The van der Waals surface area contributed by atoms with Crippen molar-refractivity contribution in [3.63, 3.8) is 0 Å². The Bertz CT molecular complexity index is 955. The predicted octanol–water partition coefficient (Wildman–Crippen LogP) is 3.46. The van der Waals surface area contributed by atoms with Gasteiger partial charge < -0.3 is 14.8 Å². The van der Waals surface area contributed by atoms with Gasteiger partial charge >= 0.3 is 5.69 Å². The van der Waals surface area contributed by atoms with Gasteiger partial charge in [-0.2, -0.15) is 0 Å². The highest BCUT2D eigenvalue weighted by Crippen LogP contribution is 2.33. The quantitative estimate of drug-likeness (QED) is 0.843. The van der Waals surface area contributed by atoms with Crippen molar-refractivity contribution in [2.24, 2.45) is 5.92 Å². The van der Waals surface area contributed by atoms with Crippen molar-refractivity contribution in [1.29, 1.82) is 0 Å². The van der Waals surface area contributed by atoms with Gasteiger partial charge in [-0.1, -0.05) is 6.07 Å². The van der Waals surface area contributed by atoms with Crippen molar-refractivity contribution in [2.75, 3.05) is 26.2 Å². The van der Waals surface area contributed by atoms with Gasteiger partial charge in [-0.05, 0) is 76.0 Å². The number of nitrogens with zero attached hydrogens (tertiary/aromatic N) is 3. The van der Waals surface area contributed by atoms with Crippen LogP contribution in [0.25, 0.3) is 11.0 Å². The van der Waals surface area contributed by atoms with Crippen molar-refractivity contribution in [3.05, 3.63) is 34.2 Å². The monoisotopic (exact) mass is 410 g/mol. The summed E-state index contributed by atoms with van der Waals surface area (Å²) in [6.45, 7) is 6.11. The van der Waals surface area contributed by atoms with Crippen LogP contribution in [0.2, 0.25) is 0 Å². The van der Waals surface area contributed by atoms with Gasteiger partial charge in [-0.15, -0.1) is 0 Å². The van der Waals surface area contributed by atoms with E-state index in [1.54, 1.807) is 0 Å². The van der Waals surface area contributed by atoms with Crippen LogP contribution in [-0.2, 0) is 4.79 Å². The number of carbonyl (C=O) groups is 1. The molecule has 0 atom stereocenters. The zero-order valence-electron chi connectivity index (χ0n) is 18.1. The molecule has 1 aromatic heterocycles. The van der Waals surface area contributed by atoms with E-state index >= 15 is 0 Å². The van der Waals surface area contributed by atoms with E-state index in [0.29, 0.717) is 11.9 Å². The molecule has 3 fully saturated rings. The maximum atomic E-state index is 12.7. The fourth-order valence-electron chi connectivity index (χ4n) is 5.99. The van der Waals surface area contributed by atoms with E-state index in [1.165, 1.54) is 18.4 Å². The molecule has 0 unspecified atom stereocenters. The summed E-state index contributed by atoms with van der Waals surface area (Å²) in [6, 6.07) is 7.07. The number of H-pyrrole nitrogens is 1. The van der Waals surface area contributed by atoms with Crippen LogP contribution >= 0.6 is 0 Å². The number of nitrogens with one attached hydrogen (secondary N) is 1. The van der Waals surface area contributed by atoms with E-state index < -0.39 is 0 Å². The topological polar surface area (TPSA) is 61.3 Å². The van der Waals surface area contributed by atoms with Gasteiger partial charge in [0.25, 0.3) is 0 Å². The smallest absolute Gasteiger partial charge is 0.326 e. The Morgan fingerprint density at radius 2 is 1.63 bits per heavy atom. The van der Waals surface area contributed by atoms with Crippen LogP contribution in [0.3, 0.4) is 0 Å². The van der Waals surface area contributed by atoms with Crippen LogP contribution in [0, 0.1) is 12.8 Å². The normalized spacial score (nSPS) is 26.5. The lowest BCUT2D eigenvalue weighted by atomic mass is 9.83. The van der Waals surface area contributed by atoms with E-state index in [2.05, 4.69) is 33.8 Å². The molecule has 162 valence electrons. The van der Waals surface area contributed by atoms with E-state index in [4.69, 9.17) is 0 Å². The molecule has 1 aromatic carbocycles. The maximum absolute atomic E-state index is 12.7. The van der Waals surface area contributed by atoms with Crippen LogP contribution in [0.5, 0.6) is 0 Å². The molecule has 1 N–H and O–H groups in total. The fraction of sp³-hybridized carbons (Fsp3) is 0.667. The number of aryl methyl sites for hydroxylation is 1. The maximum Gasteiger partial charge on any atom is 0.326 e. The molecule has 3 heterocycles. The first-order chi connectivity index (χ1) is 14.6. The van der Waals surface area contributed by atoms with Gasteiger partial charge in [0.2, 0.25) is 5.91 Å². The number of hydrogen-bond donors (Lipinski definition) is 1. The molecule has 3 aliphatic rings. The highest BCUT2D eigenvalue weighted by atomic mass is 16.2. The lowest BCUT2D eigenvalue weighted by Gasteiger charge is -2.41. The third kappa shape index (κ3) is 3.70. The van der Waals surface area contributed by atoms with Gasteiger partial charge in [0, 0.05) is 44.2 Å². The number of amides is 1. The minimum absolute atomic E-state index is 0.0231. The number of likely N-dealkylation sites (tertiary alicyclic amines) is 2. The SMILES string of the molecule is Cc1ccc2[nH]c(=O)n(C3CCN(C4CCC(C(=O)N5CCCC5)CC4)CC3)c2c1. The second-order valence-corrected chi connectivity index (χ2v) is 9.63. The molecule has 30 heavy (non-hydrogen) atoms. The van der Waals surface area contributed by atoms with E-state index in [1.807, 2.05) is 10.6 Å². The summed E-state index contributed by atoms with van der Waals surface area (Å²) in [5, 5.41) is 0. The minimum Gasteiger partial charge on any atom is -0.342 e. The Hall–Kier alpha value is -2.08. The average Bonchev–Trinajstić information content (AvgIpc) is 3.41. The first-order valence-corrected chi connectivity index (χ1v) is 11.8. The van der Waals surface area contributed by atoms with E-state index in [0.717, 1.165) is 75.7 Å². The van der Waals surface area contributed by atoms with E-state index in [-0.39, 0.29) is 17.6 Å². The van der Waals surface area contributed by atoms with Crippen LogP contribution < -0.4 is 5.69 Å². The number of carbonyl (C=O) groups excluding carboxylic acids is 1. The van der Waals surface area contributed by atoms with Gasteiger partial charge in [-0.3, -0.25) is 9.36 Å². The zero-order valence-corrected chi connectivity index (χ0v) is 18.1. The summed E-state index contributed by atoms with van der Waals surface area (Å²) in [5.74, 6) is 0.670. The molecule has 2 saturated heterocycles. The molecule has 6 nitrogen and oxygen atoms in total. The summed E-state index contributed by atoms with van der Waals surface area (Å²) in [6.07, 6.45) is 8.76. The number of rotatable bonds is 3. The molecule has 0 bridgehead atoms. The van der Waals surface area contributed by atoms with Crippen molar-refractivity contribution < 1.29 is 4.79 Å². The van der Waals surface area contributed by atoms with Gasteiger partial charge in [0.15, 0.2) is 0 Å². The summed E-state index contributed by atoms with van der Waals surface area (Å²) >= 11 is 0. The molecule has 2 aliphatic heterocycles. The second-order valence-electron chi connectivity index (χ2n) is 9.63. The summed E-state index contributed by atoms with van der Waals surface area (Å²) in [5.41, 5.74) is 3.19. The number of benzene rings is 1. The fourth-order valence-corrected chi connectivity index (χ4v) is 5.99. The Balaban J connectivity index is 1.18. The number of imidazole rings is 1. The van der Waals surface area contributed by atoms with Crippen LogP contribution in [-0.4, -0.2) is 57.5 Å². The predicted molar refractivity (Wildman–Crippen MR) is 119 cm³/mol. The Morgan fingerprint density at radius 1 is 0.933 bits per heavy atom. The third-order valence-electron chi connectivity index (χ3n) is 7.72. The average molecular weight is 411 g/mol. The number of piperidine rings is 1. The number of aromatic nitrogens is 2. The molecule has 5 rings (SSSR count). The van der Waals surface area contributed by atoms with E-state index in [9.17, 15) is 9.59 Å². The first-order valence-electron chi connectivity index (χ1n) is 11.8. The highest BCUT2D eigenvalue weighted by Gasteiger charge is 2.34. The van der Waals surface area contributed by atoms with Gasteiger partial charge in [0.1, 0.15) is 0 Å². The molecule has 0 radical (unpaired) electrons. The summed E-state index contributed by atoms with van der Waals surface area (Å²) in [4.78, 5) is 33.0. The van der Waals surface area contributed by atoms with Crippen molar-refractivity contribution in [1.82, 2.24) is 19.4 Å². The van der Waals surface area contributed by atoms with Crippen LogP contribution in [0.15, 0.2) is 23.0 Å². The molecule has 6 heteroatoms. The largest absolute Gasteiger partial charge is 0.342 e. The molecule has 1 amide bonds. The number of hydrogen-bond acceptors (Lipinski definition) is 3. The standard InChI is InChI=1S/C24H34N4O2/c1-17-4-9-21-22(16-17)28(24(30)25-21)20-10-14-26(15-11-20)19-7-5-18(6-8-19)23(29)27-12-2-3-13-27/h4,9,16,18-20H,2-3,5-8,10-15H2,1H3,(H,25,30). The molecule has 2 aromatic rings. The molecule has 0 spiro atoms. The van der Waals surface area contributed by atoms with Crippen molar-refractivity contribution in [3.8, 4) is 0 Å². The first kappa shape index (κ1) is 19.9. The van der Waals surface area contributed by atoms with Crippen LogP contribution in [0.1, 0.15) is 63.0 Å². The summed E-state index contributed by atoms with van der Waals surface area (Å²) in [7, 11) is 0.